The minimum Gasteiger partial charge on any atom is -0.337 e. The molecule has 1 fully saturated rings. The van der Waals surface area contributed by atoms with Crippen molar-refractivity contribution in [3.63, 3.8) is 0 Å². The van der Waals surface area contributed by atoms with E-state index in [4.69, 9.17) is 0 Å². The Kier molecular flexibility index (Phi) is 4.41. The van der Waals surface area contributed by atoms with Crippen molar-refractivity contribution in [3.05, 3.63) is 60.9 Å². The van der Waals surface area contributed by atoms with Gasteiger partial charge in [0.15, 0.2) is 0 Å². The van der Waals surface area contributed by atoms with Gasteiger partial charge < -0.3 is 4.90 Å². The van der Waals surface area contributed by atoms with Crippen LogP contribution in [0.1, 0.15) is 18.2 Å². The number of carbonyl (C=O) groups excluding carboxylic acids is 1. The highest BCUT2D eigenvalue weighted by molar-refractivity contribution is 5.93. The lowest BCUT2D eigenvalue weighted by Gasteiger charge is -2.15. The molecule has 1 aliphatic rings. The molecule has 5 nitrogen and oxygen atoms in total. The van der Waals surface area contributed by atoms with Gasteiger partial charge >= 0.3 is 6.18 Å². The third-order valence-electron chi connectivity index (χ3n) is 4.94. The van der Waals surface area contributed by atoms with E-state index in [1.165, 1.54) is 18.3 Å². The van der Waals surface area contributed by atoms with Crippen LogP contribution in [0.3, 0.4) is 0 Å². The van der Waals surface area contributed by atoms with Gasteiger partial charge in [-0.05, 0) is 30.7 Å². The topological polar surface area (TPSA) is 51.0 Å². The number of hydrogen-bond acceptors (Lipinski definition) is 3. The summed E-state index contributed by atoms with van der Waals surface area (Å²) in [5, 5.41) is 5.52. The first-order chi connectivity index (χ1) is 13.4. The number of fused-ring (bicyclic) bond motifs is 1. The molecule has 3 aromatic rings. The Labute approximate surface area is 159 Å². The zero-order chi connectivity index (χ0) is 19.9. The summed E-state index contributed by atoms with van der Waals surface area (Å²) in [6.45, 7) is 4.65. The minimum absolute atomic E-state index is 0.00930. The maximum atomic E-state index is 12.8. The fraction of sp³-hybridized carbons (Fsp3) is 0.250. The van der Waals surface area contributed by atoms with E-state index < -0.39 is 11.9 Å². The fourth-order valence-corrected chi connectivity index (χ4v) is 3.55. The van der Waals surface area contributed by atoms with E-state index in [2.05, 4.69) is 16.7 Å². The number of rotatable bonds is 3. The third-order valence-corrected chi connectivity index (χ3v) is 4.94. The van der Waals surface area contributed by atoms with Crippen molar-refractivity contribution in [2.45, 2.75) is 18.6 Å². The Hall–Kier alpha value is -3.16. The molecular weight excluding hydrogens is 369 g/mol. The lowest BCUT2D eigenvalue weighted by Crippen LogP contribution is -2.27. The lowest BCUT2D eigenvalue weighted by molar-refractivity contribution is -0.141. The van der Waals surface area contributed by atoms with E-state index in [1.807, 2.05) is 28.9 Å². The molecule has 1 amide bonds. The van der Waals surface area contributed by atoms with Crippen molar-refractivity contribution in [3.8, 4) is 11.3 Å². The quantitative estimate of drug-likeness (QED) is 0.638. The molecule has 144 valence electrons. The number of nitrogens with zero attached hydrogens (tertiary/aromatic N) is 4. The van der Waals surface area contributed by atoms with Crippen LogP contribution >= 0.6 is 0 Å². The molecule has 0 bridgehead atoms. The van der Waals surface area contributed by atoms with Gasteiger partial charge in [0, 0.05) is 30.2 Å². The van der Waals surface area contributed by atoms with Gasteiger partial charge in [-0.1, -0.05) is 24.8 Å². The van der Waals surface area contributed by atoms with Gasteiger partial charge in [-0.2, -0.15) is 18.3 Å². The van der Waals surface area contributed by atoms with Gasteiger partial charge in [-0.15, -0.1) is 0 Å². The number of alkyl halides is 3. The van der Waals surface area contributed by atoms with E-state index in [0.717, 1.165) is 23.4 Å². The molecule has 0 aliphatic carbocycles. The number of para-hydroxylation sites is 1. The average Bonchev–Trinajstić information content (AvgIpc) is 3.32. The van der Waals surface area contributed by atoms with E-state index in [9.17, 15) is 18.0 Å². The maximum absolute atomic E-state index is 12.8. The molecular formula is C20H17F3N4O. The van der Waals surface area contributed by atoms with Gasteiger partial charge in [0.25, 0.3) is 0 Å². The van der Waals surface area contributed by atoms with Gasteiger partial charge in [0.05, 0.1) is 11.6 Å². The van der Waals surface area contributed by atoms with Crippen LogP contribution in [0.5, 0.6) is 0 Å². The second-order valence-corrected chi connectivity index (χ2v) is 6.67. The van der Waals surface area contributed by atoms with Crippen LogP contribution < -0.4 is 0 Å². The molecule has 0 spiro atoms. The Morgan fingerprint density at radius 2 is 2.00 bits per heavy atom. The fourth-order valence-electron chi connectivity index (χ4n) is 3.55. The molecule has 3 heterocycles. The molecule has 1 aromatic carbocycles. The predicted octanol–water partition coefficient (Wildman–Crippen LogP) is 4.08. The van der Waals surface area contributed by atoms with Crippen molar-refractivity contribution < 1.29 is 18.0 Å². The van der Waals surface area contributed by atoms with Crippen LogP contribution in [-0.2, 0) is 11.0 Å². The van der Waals surface area contributed by atoms with Gasteiger partial charge in [0.2, 0.25) is 5.91 Å². The lowest BCUT2D eigenvalue weighted by atomic mass is 10.1. The number of halogens is 3. The Morgan fingerprint density at radius 3 is 2.68 bits per heavy atom. The minimum atomic E-state index is -4.48. The smallest absolute Gasteiger partial charge is 0.337 e. The third kappa shape index (κ3) is 3.15. The molecule has 0 N–H and O–H groups in total. The largest absolute Gasteiger partial charge is 0.433 e. The number of pyridine rings is 1. The summed E-state index contributed by atoms with van der Waals surface area (Å²) in [6, 6.07) is 9.88. The highest BCUT2D eigenvalue weighted by Crippen LogP contribution is 2.34. The summed E-state index contributed by atoms with van der Waals surface area (Å²) < 4.78 is 40.2. The normalized spacial score (nSPS) is 17.2. The standard InChI is InChI=1S/C20H17F3N4O/c1-2-18(28)26-10-9-14(12-26)27-16-6-4-3-5-15(16)19(25-27)13-7-8-17(24-11-13)20(21,22)23/h2-8,11,14H,1,9-10,12H2. The van der Waals surface area contributed by atoms with Gasteiger partial charge in [0.1, 0.15) is 11.4 Å². The highest BCUT2D eigenvalue weighted by atomic mass is 19.4. The number of amides is 1. The summed E-state index contributed by atoms with van der Waals surface area (Å²) in [6.07, 6.45) is -1.24. The first-order valence-corrected chi connectivity index (χ1v) is 8.80. The SMILES string of the molecule is C=CC(=O)N1CCC(n2nc(-c3ccc(C(F)(F)F)nc3)c3ccccc32)C1. The van der Waals surface area contributed by atoms with Crippen molar-refractivity contribution >= 4 is 16.8 Å². The number of benzene rings is 1. The predicted molar refractivity (Wildman–Crippen MR) is 98.4 cm³/mol. The van der Waals surface area contributed by atoms with Crippen LogP contribution in [-0.4, -0.2) is 38.7 Å². The molecule has 2 aromatic heterocycles. The molecule has 0 saturated carbocycles. The number of aromatic nitrogens is 3. The summed E-state index contributed by atoms with van der Waals surface area (Å²) in [7, 11) is 0. The van der Waals surface area contributed by atoms with Crippen LogP contribution in [0.2, 0.25) is 0 Å². The van der Waals surface area contributed by atoms with Crippen LogP contribution in [0, 0.1) is 0 Å². The first kappa shape index (κ1) is 18.2. The van der Waals surface area contributed by atoms with Crippen LogP contribution in [0.25, 0.3) is 22.2 Å². The number of carbonyl (C=O) groups is 1. The molecule has 4 rings (SSSR count). The molecule has 28 heavy (non-hydrogen) atoms. The molecule has 1 aliphatic heterocycles. The maximum Gasteiger partial charge on any atom is 0.433 e. The van der Waals surface area contributed by atoms with Crippen molar-refractivity contribution in [2.24, 2.45) is 0 Å². The first-order valence-electron chi connectivity index (χ1n) is 8.80. The Balaban J connectivity index is 1.73. The highest BCUT2D eigenvalue weighted by Gasteiger charge is 2.32. The summed E-state index contributed by atoms with van der Waals surface area (Å²) in [4.78, 5) is 17.1. The van der Waals surface area contributed by atoms with Crippen molar-refractivity contribution in [2.75, 3.05) is 13.1 Å². The van der Waals surface area contributed by atoms with Crippen molar-refractivity contribution in [1.82, 2.24) is 19.7 Å². The summed E-state index contributed by atoms with van der Waals surface area (Å²) in [5.74, 6) is -0.119. The van der Waals surface area contributed by atoms with Crippen LogP contribution in [0.15, 0.2) is 55.3 Å². The van der Waals surface area contributed by atoms with E-state index >= 15 is 0 Å². The van der Waals surface area contributed by atoms with E-state index in [-0.39, 0.29) is 11.9 Å². The molecule has 0 radical (unpaired) electrons. The molecule has 1 saturated heterocycles. The van der Waals surface area contributed by atoms with E-state index in [0.29, 0.717) is 24.3 Å². The second kappa shape index (κ2) is 6.78. The number of hydrogen-bond donors (Lipinski definition) is 0. The van der Waals surface area contributed by atoms with Crippen molar-refractivity contribution in [1.29, 1.82) is 0 Å². The monoisotopic (exact) mass is 386 g/mol. The zero-order valence-electron chi connectivity index (χ0n) is 14.9. The molecule has 1 unspecified atom stereocenters. The Bertz CT molecular complexity index is 1040. The molecule has 8 heteroatoms. The number of likely N-dealkylation sites (tertiary alicyclic amines) is 1. The van der Waals surface area contributed by atoms with Gasteiger partial charge in [-0.25, -0.2) is 0 Å². The van der Waals surface area contributed by atoms with Crippen LogP contribution in [0.4, 0.5) is 13.2 Å². The second-order valence-electron chi connectivity index (χ2n) is 6.67. The van der Waals surface area contributed by atoms with Gasteiger partial charge in [-0.3, -0.25) is 14.5 Å². The zero-order valence-corrected chi connectivity index (χ0v) is 14.9. The average molecular weight is 386 g/mol. The molecule has 1 atom stereocenters. The summed E-state index contributed by atoms with van der Waals surface area (Å²) >= 11 is 0. The van der Waals surface area contributed by atoms with E-state index in [1.54, 1.807) is 4.90 Å². The summed E-state index contributed by atoms with van der Waals surface area (Å²) in [5.41, 5.74) is 1.02. The Morgan fingerprint density at radius 1 is 1.21 bits per heavy atom.